The zero-order chi connectivity index (χ0) is 11.1. The SMILES string of the molecule is C#Cc1cncc2c1cnn2C(C)(C)C. The number of nitrogens with zero attached hydrogens (tertiary/aromatic N) is 3. The largest absolute Gasteiger partial charge is 0.261 e. The number of terminal acetylenes is 1. The van der Waals surface area contributed by atoms with Gasteiger partial charge in [-0.1, -0.05) is 5.92 Å². The lowest BCUT2D eigenvalue weighted by Gasteiger charge is -2.20. The first-order chi connectivity index (χ1) is 7.04. The molecule has 3 nitrogen and oxygen atoms in total. The Bertz CT molecular complexity index is 538. The highest BCUT2D eigenvalue weighted by atomic mass is 15.3. The van der Waals surface area contributed by atoms with Crippen LogP contribution < -0.4 is 0 Å². The quantitative estimate of drug-likeness (QED) is 0.609. The van der Waals surface area contributed by atoms with E-state index >= 15 is 0 Å². The summed E-state index contributed by atoms with van der Waals surface area (Å²) in [5, 5.41) is 5.34. The standard InChI is InChI=1S/C12H13N3/c1-5-9-6-13-8-11-10(9)7-14-15(11)12(2,3)4/h1,6-8H,2-4H3. The molecule has 0 spiro atoms. The molecule has 3 heteroatoms. The Morgan fingerprint density at radius 2 is 2.00 bits per heavy atom. The van der Waals surface area contributed by atoms with Crippen molar-refractivity contribution in [2.24, 2.45) is 0 Å². The molecule has 0 aromatic carbocycles. The number of hydrogen-bond donors (Lipinski definition) is 0. The molecule has 76 valence electrons. The van der Waals surface area contributed by atoms with Gasteiger partial charge in [-0.3, -0.25) is 9.67 Å². The third-order valence-electron chi connectivity index (χ3n) is 2.29. The van der Waals surface area contributed by atoms with E-state index < -0.39 is 0 Å². The van der Waals surface area contributed by atoms with Crippen LogP contribution in [0.2, 0.25) is 0 Å². The van der Waals surface area contributed by atoms with Gasteiger partial charge in [-0.2, -0.15) is 5.10 Å². The maximum atomic E-state index is 5.41. The first-order valence-electron chi connectivity index (χ1n) is 4.83. The van der Waals surface area contributed by atoms with Crippen LogP contribution in [0.1, 0.15) is 26.3 Å². The fourth-order valence-electron chi connectivity index (χ4n) is 1.59. The molecule has 0 fully saturated rings. The molecule has 0 saturated heterocycles. The van der Waals surface area contributed by atoms with E-state index in [2.05, 4.69) is 36.8 Å². The third kappa shape index (κ3) is 1.48. The Balaban J connectivity index is 2.79. The summed E-state index contributed by atoms with van der Waals surface area (Å²) < 4.78 is 1.94. The molecule has 0 amide bonds. The third-order valence-corrected chi connectivity index (χ3v) is 2.29. The van der Waals surface area contributed by atoms with Crippen molar-refractivity contribution in [2.45, 2.75) is 26.3 Å². The van der Waals surface area contributed by atoms with Gasteiger partial charge in [0.15, 0.2) is 0 Å². The predicted octanol–water partition coefficient (Wildman–Crippen LogP) is 2.17. The van der Waals surface area contributed by atoms with Gasteiger partial charge in [0.05, 0.1) is 29.0 Å². The normalized spacial score (nSPS) is 11.6. The molecule has 15 heavy (non-hydrogen) atoms. The van der Waals surface area contributed by atoms with E-state index in [1.165, 1.54) is 0 Å². The van der Waals surface area contributed by atoms with E-state index in [1.807, 2.05) is 4.68 Å². The molecule has 0 aliphatic rings. The molecule has 0 aliphatic heterocycles. The molecular formula is C12H13N3. The van der Waals surface area contributed by atoms with E-state index in [1.54, 1.807) is 18.6 Å². The monoisotopic (exact) mass is 199 g/mol. The van der Waals surface area contributed by atoms with E-state index in [0.717, 1.165) is 16.5 Å². The number of pyridine rings is 1. The van der Waals surface area contributed by atoms with Gasteiger partial charge in [0.25, 0.3) is 0 Å². The summed E-state index contributed by atoms with van der Waals surface area (Å²) in [6, 6.07) is 0. The molecular weight excluding hydrogens is 186 g/mol. The lowest BCUT2D eigenvalue weighted by atomic mass is 10.1. The maximum Gasteiger partial charge on any atom is 0.0884 e. The van der Waals surface area contributed by atoms with Crippen LogP contribution in [0.5, 0.6) is 0 Å². The minimum Gasteiger partial charge on any atom is -0.261 e. The van der Waals surface area contributed by atoms with Crippen molar-refractivity contribution in [2.75, 3.05) is 0 Å². The van der Waals surface area contributed by atoms with Gasteiger partial charge in [-0.25, -0.2) is 0 Å². The molecule has 0 radical (unpaired) electrons. The second-order valence-electron chi connectivity index (χ2n) is 4.49. The van der Waals surface area contributed by atoms with Gasteiger partial charge in [0.1, 0.15) is 0 Å². The van der Waals surface area contributed by atoms with Crippen LogP contribution in [0.3, 0.4) is 0 Å². The lowest BCUT2D eigenvalue weighted by Crippen LogP contribution is -2.22. The van der Waals surface area contributed by atoms with Crippen LogP contribution >= 0.6 is 0 Å². The summed E-state index contributed by atoms with van der Waals surface area (Å²) >= 11 is 0. The van der Waals surface area contributed by atoms with Crippen LogP contribution in [0, 0.1) is 12.3 Å². The van der Waals surface area contributed by atoms with Crippen LogP contribution in [-0.4, -0.2) is 14.8 Å². The molecule has 2 heterocycles. The molecule has 0 atom stereocenters. The van der Waals surface area contributed by atoms with Crippen molar-refractivity contribution in [3.05, 3.63) is 24.2 Å². The molecule has 0 saturated carbocycles. The fraction of sp³-hybridized carbons (Fsp3) is 0.333. The number of hydrogen-bond acceptors (Lipinski definition) is 2. The van der Waals surface area contributed by atoms with Crippen molar-refractivity contribution in [1.82, 2.24) is 14.8 Å². The zero-order valence-electron chi connectivity index (χ0n) is 9.15. The van der Waals surface area contributed by atoms with E-state index in [-0.39, 0.29) is 5.54 Å². The van der Waals surface area contributed by atoms with Gasteiger partial charge in [-0.15, -0.1) is 6.42 Å². The van der Waals surface area contributed by atoms with Crippen molar-refractivity contribution in [3.8, 4) is 12.3 Å². The Hall–Kier alpha value is -1.82. The number of rotatable bonds is 0. The summed E-state index contributed by atoms with van der Waals surface area (Å²) in [7, 11) is 0. The van der Waals surface area contributed by atoms with Crippen molar-refractivity contribution in [1.29, 1.82) is 0 Å². The zero-order valence-corrected chi connectivity index (χ0v) is 9.15. The highest BCUT2D eigenvalue weighted by Crippen LogP contribution is 2.22. The molecule has 2 aromatic heterocycles. The summed E-state index contributed by atoms with van der Waals surface area (Å²) in [6.45, 7) is 6.30. The average Bonchev–Trinajstić information content (AvgIpc) is 2.59. The van der Waals surface area contributed by atoms with Crippen molar-refractivity contribution in [3.63, 3.8) is 0 Å². The highest BCUT2D eigenvalue weighted by Gasteiger charge is 2.17. The molecule has 0 aliphatic carbocycles. The summed E-state index contributed by atoms with van der Waals surface area (Å²) in [4.78, 5) is 4.13. The maximum absolute atomic E-state index is 5.41. The van der Waals surface area contributed by atoms with Gasteiger partial charge >= 0.3 is 0 Å². The minimum absolute atomic E-state index is 0.0589. The number of fused-ring (bicyclic) bond motifs is 1. The first-order valence-corrected chi connectivity index (χ1v) is 4.83. The van der Waals surface area contributed by atoms with Gasteiger partial charge < -0.3 is 0 Å². The molecule has 2 aromatic rings. The second-order valence-corrected chi connectivity index (χ2v) is 4.49. The van der Waals surface area contributed by atoms with Crippen LogP contribution in [0.25, 0.3) is 10.9 Å². The highest BCUT2D eigenvalue weighted by molar-refractivity contribution is 5.84. The van der Waals surface area contributed by atoms with Crippen molar-refractivity contribution >= 4 is 10.9 Å². The van der Waals surface area contributed by atoms with Gasteiger partial charge in [0.2, 0.25) is 0 Å². The van der Waals surface area contributed by atoms with E-state index in [4.69, 9.17) is 6.42 Å². The average molecular weight is 199 g/mol. The van der Waals surface area contributed by atoms with Crippen LogP contribution in [0.4, 0.5) is 0 Å². The van der Waals surface area contributed by atoms with Gasteiger partial charge in [-0.05, 0) is 20.8 Å². The van der Waals surface area contributed by atoms with Crippen molar-refractivity contribution < 1.29 is 0 Å². The molecule has 2 rings (SSSR count). The van der Waals surface area contributed by atoms with Crippen LogP contribution in [-0.2, 0) is 5.54 Å². The number of aromatic nitrogens is 3. The Morgan fingerprint density at radius 3 is 2.60 bits per heavy atom. The Labute approximate surface area is 89.1 Å². The molecule has 0 bridgehead atoms. The second kappa shape index (κ2) is 3.09. The molecule has 0 unspecified atom stereocenters. The smallest absolute Gasteiger partial charge is 0.0884 e. The topological polar surface area (TPSA) is 30.7 Å². The van der Waals surface area contributed by atoms with Crippen LogP contribution in [0.15, 0.2) is 18.6 Å². The lowest BCUT2D eigenvalue weighted by molar-refractivity contribution is 0.368. The summed E-state index contributed by atoms with van der Waals surface area (Å²) in [5.41, 5.74) is 1.72. The van der Waals surface area contributed by atoms with E-state index in [0.29, 0.717) is 0 Å². The Kier molecular flexibility index (Phi) is 2.01. The van der Waals surface area contributed by atoms with E-state index in [9.17, 15) is 0 Å². The fourth-order valence-corrected chi connectivity index (χ4v) is 1.59. The van der Waals surface area contributed by atoms with Gasteiger partial charge in [0, 0.05) is 11.6 Å². The predicted molar refractivity (Wildman–Crippen MR) is 60.5 cm³/mol. The first kappa shape index (κ1) is 9.72. The minimum atomic E-state index is -0.0589. The summed E-state index contributed by atoms with van der Waals surface area (Å²) in [6.07, 6.45) is 10.7. The summed E-state index contributed by atoms with van der Waals surface area (Å²) in [5.74, 6) is 2.62. The Morgan fingerprint density at radius 1 is 1.27 bits per heavy atom. The molecule has 0 N–H and O–H groups in total.